The maximum atomic E-state index is 12.5. The predicted molar refractivity (Wildman–Crippen MR) is 74.6 cm³/mol. The molecule has 0 bridgehead atoms. The second-order valence-electron chi connectivity index (χ2n) is 5.13. The van der Waals surface area contributed by atoms with Gasteiger partial charge in [-0.2, -0.15) is 0 Å². The fourth-order valence-electron chi connectivity index (χ4n) is 3.04. The van der Waals surface area contributed by atoms with Gasteiger partial charge in [-0.15, -0.1) is 0 Å². The normalized spacial score (nSPS) is 27.1. The fraction of sp³-hybridized carbons (Fsp3) is 0.500. The smallest absolute Gasteiger partial charge is 0.255 e. The van der Waals surface area contributed by atoms with Crippen molar-refractivity contribution < 1.29 is 4.79 Å². The van der Waals surface area contributed by atoms with Gasteiger partial charge in [0.25, 0.3) is 5.91 Å². The summed E-state index contributed by atoms with van der Waals surface area (Å²) < 4.78 is 0.890. The van der Waals surface area contributed by atoms with Gasteiger partial charge in [0, 0.05) is 23.6 Å². The van der Waals surface area contributed by atoms with Gasteiger partial charge in [0.05, 0.1) is 5.56 Å². The van der Waals surface area contributed by atoms with Crippen LogP contribution >= 0.6 is 15.9 Å². The van der Waals surface area contributed by atoms with Gasteiger partial charge in [-0.05, 0) is 53.4 Å². The molecule has 1 aromatic rings. The number of amides is 1. The number of nitrogens with zero attached hydrogens (tertiary/aromatic N) is 1. The van der Waals surface area contributed by atoms with E-state index < -0.39 is 0 Å². The van der Waals surface area contributed by atoms with Gasteiger partial charge in [-0.3, -0.25) is 4.79 Å². The Bertz CT molecular complexity index is 463. The van der Waals surface area contributed by atoms with E-state index in [2.05, 4.69) is 21.2 Å². The quantitative estimate of drug-likeness (QED) is 0.863. The van der Waals surface area contributed by atoms with Crippen molar-refractivity contribution in [3.63, 3.8) is 0 Å². The lowest BCUT2D eigenvalue weighted by Crippen LogP contribution is -2.46. The van der Waals surface area contributed by atoms with Crippen molar-refractivity contribution in [2.24, 2.45) is 5.92 Å². The summed E-state index contributed by atoms with van der Waals surface area (Å²) in [4.78, 5) is 14.5. The number of carbonyl (C=O) groups excluding carboxylic acids is 1. The number of benzene rings is 1. The van der Waals surface area contributed by atoms with E-state index in [4.69, 9.17) is 0 Å². The molecular formula is C14H17BrN2O. The highest BCUT2D eigenvalue weighted by atomic mass is 79.9. The Kier molecular flexibility index (Phi) is 3.39. The third-order valence-corrected chi connectivity index (χ3v) is 4.74. The molecule has 96 valence electrons. The van der Waals surface area contributed by atoms with Crippen molar-refractivity contribution in [2.45, 2.75) is 18.9 Å². The van der Waals surface area contributed by atoms with Crippen LogP contribution < -0.4 is 5.32 Å². The largest absolute Gasteiger partial charge is 0.338 e. The number of halogens is 1. The minimum Gasteiger partial charge on any atom is -0.338 e. The first-order valence-electron chi connectivity index (χ1n) is 6.53. The molecule has 2 heterocycles. The van der Waals surface area contributed by atoms with E-state index in [1.807, 2.05) is 29.2 Å². The molecule has 2 unspecified atom stereocenters. The van der Waals surface area contributed by atoms with Gasteiger partial charge < -0.3 is 10.2 Å². The van der Waals surface area contributed by atoms with E-state index in [1.54, 1.807) is 0 Å². The van der Waals surface area contributed by atoms with Gasteiger partial charge in [-0.25, -0.2) is 0 Å². The summed E-state index contributed by atoms with van der Waals surface area (Å²) in [7, 11) is 0. The molecule has 2 atom stereocenters. The Labute approximate surface area is 116 Å². The molecule has 3 nitrogen and oxygen atoms in total. The number of rotatable bonds is 1. The van der Waals surface area contributed by atoms with Crippen molar-refractivity contribution in [1.29, 1.82) is 0 Å². The van der Waals surface area contributed by atoms with E-state index in [0.717, 1.165) is 36.1 Å². The number of carbonyl (C=O) groups is 1. The van der Waals surface area contributed by atoms with Gasteiger partial charge in [0.15, 0.2) is 0 Å². The molecule has 0 aromatic heterocycles. The molecule has 2 aliphatic heterocycles. The zero-order valence-electron chi connectivity index (χ0n) is 10.2. The Morgan fingerprint density at radius 2 is 2.17 bits per heavy atom. The van der Waals surface area contributed by atoms with Crippen LogP contribution in [0.4, 0.5) is 0 Å². The second kappa shape index (κ2) is 5.02. The number of piperidine rings is 1. The van der Waals surface area contributed by atoms with E-state index in [1.165, 1.54) is 6.42 Å². The molecule has 0 saturated carbocycles. The van der Waals surface area contributed by atoms with E-state index >= 15 is 0 Å². The predicted octanol–water partition coefficient (Wildman–Crippen LogP) is 2.27. The first-order chi connectivity index (χ1) is 8.75. The van der Waals surface area contributed by atoms with Gasteiger partial charge >= 0.3 is 0 Å². The molecule has 2 aliphatic rings. The van der Waals surface area contributed by atoms with Crippen LogP contribution in [0.1, 0.15) is 23.2 Å². The zero-order chi connectivity index (χ0) is 12.5. The molecule has 1 aromatic carbocycles. The fourth-order valence-corrected chi connectivity index (χ4v) is 3.49. The third kappa shape index (κ3) is 2.19. The second-order valence-corrected chi connectivity index (χ2v) is 5.98. The molecule has 1 amide bonds. The summed E-state index contributed by atoms with van der Waals surface area (Å²) in [5.41, 5.74) is 0.780. The Hall–Kier alpha value is -0.870. The standard InChI is InChI=1S/C14H17BrN2O/c15-12-4-2-1-3-11(12)14(18)17-8-6-13-10(9-17)5-7-16-13/h1-4,10,13,16H,5-9H2. The molecule has 0 spiro atoms. The van der Waals surface area contributed by atoms with Gasteiger partial charge in [0.2, 0.25) is 0 Å². The Balaban J connectivity index is 1.75. The molecule has 1 N–H and O–H groups in total. The average molecular weight is 309 g/mol. The zero-order valence-corrected chi connectivity index (χ0v) is 11.8. The Morgan fingerprint density at radius 3 is 3.00 bits per heavy atom. The first-order valence-corrected chi connectivity index (χ1v) is 7.32. The van der Waals surface area contributed by atoms with Crippen LogP contribution in [0.5, 0.6) is 0 Å². The van der Waals surface area contributed by atoms with Crippen LogP contribution in [-0.4, -0.2) is 36.5 Å². The first kappa shape index (κ1) is 12.2. The summed E-state index contributed by atoms with van der Waals surface area (Å²) in [6, 6.07) is 8.31. The summed E-state index contributed by atoms with van der Waals surface area (Å²) in [5, 5.41) is 3.52. The van der Waals surface area contributed by atoms with Crippen molar-refractivity contribution in [3.8, 4) is 0 Å². The van der Waals surface area contributed by atoms with Crippen molar-refractivity contribution in [3.05, 3.63) is 34.3 Å². The monoisotopic (exact) mass is 308 g/mol. The molecule has 2 saturated heterocycles. The van der Waals surface area contributed by atoms with Crippen LogP contribution in [0, 0.1) is 5.92 Å². The molecule has 4 heteroatoms. The summed E-state index contributed by atoms with van der Waals surface area (Å²) >= 11 is 3.46. The van der Waals surface area contributed by atoms with Crippen molar-refractivity contribution in [2.75, 3.05) is 19.6 Å². The number of fused-ring (bicyclic) bond motifs is 1. The number of hydrogen-bond acceptors (Lipinski definition) is 2. The maximum Gasteiger partial charge on any atom is 0.255 e. The van der Waals surface area contributed by atoms with E-state index in [0.29, 0.717) is 12.0 Å². The van der Waals surface area contributed by atoms with Gasteiger partial charge in [-0.1, -0.05) is 12.1 Å². The number of likely N-dealkylation sites (tertiary alicyclic amines) is 1. The van der Waals surface area contributed by atoms with Crippen LogP contribution in [0.25, 0.3) is 0 Å². The van der Waals surface area contributed by atoms with Crippen LogP contribution in [0.3, 0.4) is 0 Å². The lowest BCUT2D eigenvalue weighted by Gasteiger charge is -2.35. The van der Waals surface area contributed by atoms with Crippen molar-refractivity contribution in [1.82, 2.24) is 10.2 Å². The molecular weight excluding hydrogens is 292 g/mol. The maximum absolute atomic E-state index is 12.5. The van der Waals surface area contributed by atoms with Crippen LogP contribution in [0.15, 0.2) is 28.7 Å². The van der Waals surface area contributed by atoms with Crippen molar-refractivity contribution >= 4 is 21.8 Å². The van der Waals surface area contributed by atoms with E-state index in [9.17, 15) is 4.79 Å². The Morgan fingerprint density at radius 1 is 1.33 bits per heavy atom. The number of hydrogen-bond donors (Lipinski definition) is 1. The number of nitrogens with one attached hydrogen (secondary N) is 1. The summed E-state index contributed by atoms with van der Waals surface area (Å²) in [6.45, 7) is 2.87. The molecule has 0 aliphatic carbocycles. The summed E-state index contributed by atoms with van der Waals surface area (Å²) in [6.07, 6.45) is 2.28. The molecule has 18 heavy (non-hydrogen) atoms. The average Bonchev–Trinajstić information content (AvgIpc) is 2.85. The van der Waals surface area contributed by atoms with Crippen LogP contribution in [-0.2, 0) is 0 Å². The van der Waals surface area contributed by atoms with Gasteiger partial charge in [0.1, 0.15) is 0 Å². The summed E-state index contributed by atoms with van der Waals surface area (Å²) in [5.74, 6) is 0.804. The molecule has 0 radical (unpaired) electrons. The SMILES string of the molecule is O=C(c1ccccc1Br)N1CCC2NCCC2C1. The van der Waals surface area contributed by atoms with E-state index in [-0.39, 0.29) is 5.91 Å². The molecule has 2 fully saturated rings. The highest BCUT2D eigenvalue weighted by Crippen LogP contribution is 2.26. The van der Waals surface area contributed by atoms with Crippen LogP contribution in [0.2, 0.25) is 0 Å². The highest BCUT2D eigenvalue weighted by molar-refractivity contribution is 9.10. The molecule has 3 rings (SSSR count). The lowest BCUT2D eigenvalue weighted by atomic mass is 9.93. The topological polar surface area (TPSA) is 32.3 Å². The minimum absolute atomic E-state index is 0.160. The lowest BCUT2D eigenvalue weighted by molar-refractivity contribution is 0.0661. The third-order valence-electron chi connectivity index (χ3n) is 4.05. The highest BCUT2D eigenvalue weighted by Gasteiger charge is 2.34. The minimum atomic E-state index is 0.160.